The molecule has 1 aromatic carbocycles. The van der Waals surface area contributed by atoms with Gasteiger partial charge in [-0.3, -0.25) is 34.1 Å². The van der Waals surface area contributed by atoms with Gasteiger partial charge in [0.2, 0.25) is 11.8 Å². The van der Waals surface area contributed by atoms with Gasteiger partial charge < -0.3 is 38.8 Å². The van der Waals surface area contributed by atoms with Crippen LogP contribution < -0.4 is 10.7 Å². The van der Waals surface area contributed by atoms with E-state index in [9.17, 15) is 24.0 Å². The number of amides is 5. The van der Waals surface area contributed by atoms with Crippen molar-refractivity contribution in [3.8, 4) is 11.3 Å². The zero-order chi connectivity index (χ0) is 51.6. The Morgan fingerprint density at radius 2 is 1.85 bits per heavy atom. The summed E-state index contributed by atoms with van der Waals surface area (Å²) in [6, 6.07) is 6.80. The van der Waals surface area contributed by atoms with Crippen LogP contribution in [-0.2, 0) is 46.4 Å². The van der Waals surface area contributed by atoms with Crippen LogP contribution in [0.3, 0.4) is 0 Å². The average Bonchev–Trinajstić information content (AvgIpc) is 3.68. The number of cyclic esters (lactones) is 1. The first-order valence-corrected chi connectivity index (χ1v) is 25.7. The lowest BCUT2D eigenvalue weighted by Gasteiger charge is -2.47. The molecule has 390 valence electrons. The maximum Gasteiger partial charge on any atom is 0.324 e. The maximum absolute atomic E-state index is 16.4. The normalized spacial score (nSPS) is 23.6. The van der Waals surface area contributed by atoms with Crippen LogP contribution >= 0.6 is 0 Å². The van der Waals surface area contributed by atoms with Gasteiger partial charge in [-0.25, -0.2) is 14.6 Å². The quantitative estimate of drug-likeness (QED) is 0.194. The van der Waals surface area contributed by atoms with Gasteiger partial charge in [0.05, 0.1) is 42.9 Å². The van der Waals surface area contributed by atoms with Gasteiger partial charge in [0, 0.05) is 107 Å². The number of benzene rings is 1. The molecule has 5 atom stereocenters. The largest absolute Gasteiger partial charge is 0.464 e. The summed E-state index contributed by atoms with van der Waals surface area (Å²) >= 11 is 0. The van der Waals surface area contributed by atoms with Crippen LogP contribution in [0.5, 0.6) is 0 Å². The highest BCUT2D eigenvalue weighted by molar-refractivity contribution is 5.95. The zero-order valence-electron chi connectivity index (χ0n) is 43.4. The number of halogens is 1. The monoisotopic (exact) mass is 996 g/mol. The van der Waals surface area contributed by atoms with E-state index in [4.69, 9.17) is 19.2 Å². The van der Waals surface area contributed by atoms with Gasteiger partial charge >= 0.3 is 12.0 Å². The molecule has 0 radical (unpaired) electrons. The first-order valence-electron chi connectivity index (χ1n) is 25.7. The minimum atomic E-state index is -1.14. The van der Waals surface area contributed by atoms with E-state index in [0.29, 0.717) is 89.1 Å². The van der Waals surface area contributed by atoms with Crippen molar-refractivity contribution in [2.45, 2.75) is 116 Å². The molecule has 2 N–H and O–H groups in total. The molecule has 0 saturated carbocycles. The fourth-order valence-electron chi connectivity index (χ4n) is 11.4. The van der Waals surface area contributed by atoms with Crippen molar-refractivity contribution in [1.29, 1.82) is 0 Å². The number of urea groups is 1. The molecule has 72 heavy (non-hydrogen) atoms. The van der Waals surface area contributed by atoms with E-state index in [2.05, 4.69) is 54.8 Å². The van der Waals surface area contributed by atoms with Gasteiger partial charge in [0.25, 0.3) is 5.91 Å². The van der Waals surface area contributed by atoms with Gasteiger partial charge in [-0.2, -0.15) is 0 Å². The van der Waals surface area contributed by atoms with Gasteiger partial charge in [-0.1, -0.05) is 40.3 Å². The van der Waals surface area contributed by atoms with E-state index < -0.39 is 46.9 Å². The molecule has 7 heterocycles. The Morgan fingerprint density at radius 3 is 2.56 bits per heavy atom. The molecule has 3 fully saturated rings. The number of nitrogens with zero attached hydrogens (tertiary/aromatic N) is 7. The number of pyridine rings is 1. The van der Waals surface area contributed by atoms with Crippen molar-refractivity contribution >= 4 is 46.2 Å². The molecule has 2 aromatic heterocycles. The van der Waals surface area contributed by atoms with E-state index in [1.807, 2.05) is 43.9 Å². The number of morpholine rings is 1. The van der Waals surface area contributed by atoms with Crippen LogP contribution in [0, 0.1) is 11.3 Å². The minimum Gasteiger partial charge on any atom is -0.464 e. The number of fused-ring (bicyclic) bond motifs is 6. The Balaban J connectivity index is 1.10. The summed E-state index contributed by atoms with van der Waals surface area (Å²) in [6.45, 7) is 19.1. The molecular weight excluding hydrogens is 922 g/mol. The van der Waals surface area contributed by atoms with Crippen molar-refractivity contribution in [2.24, 2.45) is 11.3 Å². The van der Waals surface area contributed by atoms with Crippen LogP contribution in [0.1, 0.15) is 96.6 Å². The van der Waals surface area contributed by atoms with Crippen molar-refractivity contribution in [3.05, 3.63) is 71.8 Å². The average molecular weight is 996 g/mol. The molecule has 8 rings (SSSR count). The number of carbonyl (C=O) groups is 5. The molecule has 18 heteroatoms. The summed E-state index contributed by atoms with van der Waals surface area (Å²) in [5, 5.41) is 5.40. The molecule has 17 nitrogen and oxygen atoms in total. The smallest absolute Gasteiger partial charge is 0.324 e. The number of nitrogens with one attached hydrogen (secondary N) is 2. The Morgan fingerprint density at radius 1 is 1.08 bits per heavy atom. The molecule has 1 unspecified atom stereocenters. The number of esters is 1. The Hall–Kier alpha value is -5.69. The third kappa shape index (κ3) is 10.8. The third-order valence-corrected chi connectivity index (χ3v) is 15.4. The molecule has 1 spiro atoms. The second-order valence-corrected chi connectivity index (χ2v) is 21.4. The number of methoxy groups -OCH3 is 1. The number of hydrogen-bond acceptors (Lipinski definition) is 11. The summed E-state index contributed by atoms with van der Waals surface area (Å²) in [7, 11) is 3.27. The van der Waals surface area contributed by atoms with E-state index in [0.717, 1.165) is 33.4 Å². The number of aromatic nitrogens is 2. The summed E-state index contributed by atoms with van der Waals surface area (Å²) in [5.41, 5.74) is 7.91. The van der Waals surface area contributed by atoms with Gasteiger partial charge in [-0.05, 0) is 93.3 Å². The lowest BCUT2D eigenvalue weighted by molar-refractivity contribution is -0.156. The number of hydrazine groups is 1. The molecule has 6 bridgehead atoms. The molecular formula is C54H74FN9O8. The Labute approximate surface area is 423 Å². The number of likely N-dealkylation sites (tertiary alicyclic amines) is 1. The van der Waals surface area contributed by atoms with Crippen molar-refractivity contribution < 1.29 is 42.6 Å². The fraction of sp³-hybridized carbons (Fsp3) is 0.593. The lowest BCUT2D eigenvalue weighted by Crippen LogP contribution is -2.64. The highest BCUT2D eigenvalue weighted by Crippen LogP contribution is 2.42. The maximum atomic E-state index is 16.4. The third-order valence-electron chi connectivity index (χ3n) is 15.4. The molecule has 5 aliphatic rings. The highest BCUT2D eigenvalue weighted by atomic mass is 19.1. The number of ether oxygens (including phenoxy) is 3. The first kappa shape index (κ1) is 52.6. The number of hydrogen-bond donors (Lipinski definition) is 2. The van der Waals surface area contributed by atoms with Gasteiger partial charge in [-0.15, -0.1) is 0 Å². The molecule has 5 amide bonds. The number of piperidine rings is 1. The highest BCUT2D eigenvalue weighted by Gasteiger charge is 2.44. The van der Waals surface area contributed by atoms with Crippen LogP contribution in [0.15, 0.2) is 55.0 Å². The zero-order valence-corrected chi connectivity index (χ0v) is 43.4. The SMILES string of the molecule is C=CC(=O)N1CCOC2(CCN(C(=O)N(C)[C@H](C(=O)N[C@H]3CN4CCC(F)=C(C4)c4ccc5c(c4)c(c(-c4cccnc4[C@H](C)OC)n5CC)CC(C)(C)COC(=O)[C@@H]4CCCN(N4)C3=O)C(C)C)CC2)C1. The van der Waals surface area contributed by atoms with Crippen LogP contribution in [0.25, 0.3) is 27.7 Å². The van der Waals surface area contributed by atoms with E-state index in [1.54, 1.807) is 30.2 Å². The van der Waals surface area contributed by atoms with Crippen molar-refractivity contribution in [1.82, 2.24) is 44.9 Å². The van der Waals surface area contributed by atoms with Crippen LogP contribution in [0.4, 0.5) is 9.18 Å². The summed E-state index contributed by atoms with van der Waals surface area (Å²) in [4.78, 5) is 81.9. The van der Waals surface area contributed by atoms with Gasteiger partial charge in [0.15, 0.2) is 0 Å². The topological polar surface area (TPSA) is 171 Å². The predicted octanol–water partition coefficient (Wildman–Crippen LogP) is 5.88. The van der Waals surface area contributed by atoms with E-state index >= 15 is 4.39 Å². The number of likely N-dealkylation sites (N-methyl/N-ethyl adjacent to an activating group) is 1. The first-order chi connectivity index (χ1) is 34.4. The fourth-order valence-corrected chi connectivity index (χ4v) is 11.4. The molecule has 0 aliphatic carbocycles. The molecule has 3 aromatic rings. The van der Waals surface area contributed by atoms with Gasteiger partial charge in [0.1, 0.15) is 24.0 Å². The second-order valence-electron chi connectivity index (χ2n) is 21.4. The summed E-state index contributed by atoms with van der Waals surface area (Å²) < 4.78 is 36.9. The minimum absolute atomic E-state index is 0.0379. The van der Waals surface area contributed by atoms with Crippen molar-refractivity contribution in [2.75, 3.05) is 79.7 Å². The van der Waals surface area contributed by atoms with Crippen molar-refractivity contribution in [3.63, 3.8) is 0 Å². The lowest BCUT2D eigenvalue weighted by atomic mass is 9.84. The molecule has 3 saturated heterocycles. The Kier molecular flexibility index (Phi) is 15.9. The second kappa shape index (κ2) is 21.8. The molecule has 5 aliphatic heterocycles. The summed E-state index contributed by atoms with van der Waals surface area (Å²) in [6.07, 6.45) is 5.38. The number of rotatable bonds is 9. The van der Waals surface area contributed by atoms with Crippen LogP contribution in [0.2, 0.25) is 0 Å². The van der Waals surface area contributed by atoms with E-state index in [1.165, 1.54) is 16.0 Å². The number of aryl methyl sites for hydroxylation is 1. The Bertz CT molecular complexity index is 2590. The summed E-state index contributed by atoms with van der Waals surface area (Å²) in [5.74, 6) is -2.18. The number of carbonyl (C=O) groups excluding carboxylic acids is 5. The van der Waals surface area contributed by atoms with E-state index in [-0.39, 0.29) is 62.4 Å². The standard InChI is InChI=1S/C54H74FN9O8/c1-10-45(65)62-26-27-72-54(32-62)19-24-61(25-20-54)52(69)59(8)47(34(3)4)49(66)57-43-31-60-23-18-41(55)40(30-60)36-16-17-44-38(28-36)39(48(63(44)11-2)37-14-12-21-56-46(37)35(5)70-9)29-53(6,7)33-71-51(68)42-15-13-22-64(58-42)50(43)67/h10,12,14,16-17,21,28,34-35,42-43,47,58H,1,11,13,15,18-20,22-27,29-33H2,2-9H3,(H,57,66)/t35-,42-,43-,47-/m0/s1. The van der Waals surface area contributed by atoms with Crippen LogP contribution in [-0.4, -0.2) is 167 Å². The predicted molar refractivity (Wildman–Crippen MR) is 272 cm³/mol.